The number of rotatable bonds is 10. The van der Waals surface area contributed by atoms with Gasteiger partial charge in [-0.25, -0.2) is 4.39 Å². The Balaban J connectivity index is 1.87. The van der Waals surface area contributed by atoms with Crippen LogP contribution in [0.15, 0.2) is 60.0 Å². The number of hydrogen-bond acceptors (Lipinski definition) is 5. The number of nitro groups is 1. The first-order valence-corrected chi connectivity index (χ1v) is 12.2. The molecule has 0 N–H and O–H groups in total. The van der Waals surface area contributed by atoms with E-state index < -0.39 is 10.8 Å². The Hall–Kier alpha value is -3.59. The first-order valence-electron chi connectivity index (χ1n) is 11.3. The fraction of sp³-hybridized carbons (Fsp3) is 0.308. The molecule has 0 spiro atoms. The zero-order chi connectivity index (χ0) is 25.5. The summed E-state index contributed by atoms with van der Waals surface area (Å²) in [5.41, 5.74) is 1.82. The molecule has 1 aromatic heterocycles. The van der Waals surface area contributed by atoms with Gasteiger partial charge in [0.25, 0.3) is 11.6 Å². The standard InChI is InChI=1S/C26H28FN3O4S/c1-4-19(3)29(26(32)21-6-5-7-23(14-21)30(33)34)17-25(31)28(16-24-18(2)12-13-35-24)15-20-8-10-22(27)11-9-20/h5-14,19H,4,15-17H2,1-3H3/t19-/m1/s1. The molecule has 0 saturated heterocycles. The Kier molecular flexibility index (Phi) is 8.70. The Morgan fingerprint density at radius 2 is 1.83 bits per heavy atom. The van der Waals surface area contributed by atoms with E-state index in [9.17, 15) is 24.1 Å². The van der Waals surface area contributed by atoms with Crippen molar-refractivity contribution in [2.45, 2.75) is 46.3 Å². The number of non-ortho nitro benzene ring substituents is 1. The Bertz CT molecular complexity index is 1200. The highest BCUT2D eigenvalue weighted by Gasteiger charge is 2.27. The lowest BCUT2D eigenvalue weighted by atomic mass is 10.1. The second-order valence-electron chi connectivity index (χ2n) is 8.40. The summed E-state index contributed by atoms with van der Waals surface area (Å²) in [7, 11) is 0. The lowest BCUT2D eigenvalue weighted by molar-refractivity contribution is -0.384. The number of thiophene rings is 1. The molecule has 184 valence electrons. The van der Waals surface area contributed by atoms with Gasteiger partial charge >= 0.3 is 0 Å². The van der Waals surface area contributed by atoms with Crippen molar-refractivity contribution in [2.75, 3.05) is 6.54 Å². The van der Waals surface area contributed by atoms with Crippen molar-refractivity contribution in [3.05, 3.63) is 97.5 Å². The third-order valence-corrected chi connectivity index (χ3v) is 6.94. The molecule has 35 heavy (non-hydrogen) atoms. The Labute approximate surface area is 207 Å². The van der Waals surface area contributed by atoms with Crippen LogP contribution in [0.4, 0.5) is 10.1 Å². The van der Waals surface area contributed by atoms with Gasteiger partial charge in [0, 0.05) is 35.2 Å². The third kappa shape index (κ3) is 6.73. The van der Waals surface area contributed by atoms with Crippen LogP contribution in [0.1, 0.15) is 46.6 Å². The Morgan fingerprint density at radius 3 is 2.43 bits per heavy atom. The summed E-state index contributed by atoms with van der Waals surface area (Å²) in [5.74, 6) is -1.06. The van der Waals surface area contributed by atoms with Crippen molar-refractivity contribution in [3.63, 3.8) is 0 Å². The lowest BCUT2D eigenvalue weighted by Crippen LogP contribution is -2.46. The largest absolute Gasteiger partial charge is 0.332 e. The number of benzene rings is 2. The maximum absolute atomic E-state index is 13.5. The van der Waals surface area contributed by atoms with Crippen LogP contribution in [0.25, 0.3) is 0 Å². The van der Waals surface area contributed by atoms with E-state index >= 15 is 0 Å². The normalized spacial score (nSPS) is 11.7. The zero-order valence-electron chi connectivity index (χ0n) is 19.9. The summed E-state index contributed by atoms with van der Waals surface area (Å²) in [4.78, 5) is 41.6. The number of aryl methyl sites for hydroxylation is 1. The van der Waals surface area contributed by atoms with Gasteiger partial charge in [-0.2, -0.15) is 0 Å². The molecular formula is C26H28FN3O4S. The van der Waals surface area contributed by atoms with Gasteiger partial charge in [-0.05, 0) is 61.0 Å². The molecule has 2 amide bonds. The van der Waals surface area contributed by atoms with Gasteiger partial charge in [0.1, 0.15) is 12.4 Å². The van der Waals surface area contributed by atoms with Gasteiger partial charge in [-0.1, -0.05) is 25.1 Å². The molecule has 0 aliphatic heterocycles. The summed E-state index contributed by atoms with van der Waals surface area (Å²) in [5, 5.41) is 13.1. The van der Waals surface area contributed by atoms with E-state index in [-0.39, 0.29) is 42.1 Å². The molecule has 2 aromatic carbocycles. The van der Waals surface area contributed by atoms with Crippen LogP contribution < -0.4 is 0 Å². The van der Waals surface area contributed by atoms with E-state index in [1.165, 1.54) is 41.3 Å². The van der Waals surface area contributed by atoms with Crippen LogP contribution in [-0.2, 0) is 17.9 Å². The van der Waals surface area contributed by atoms with Crippen LogP contribution >= 0.6 is 11.3 Å². The maximum atomic E-state index is 13.5. The van der Waals surface area contributed by atoms with Crippen molar-refractivity contribution in [1.82, 2.24) is 9.80 Å². The second kappa shape index (κ2) is 11.7. The molecule has 0 bridgehead atoms. The lowest BCUT2D eigenvalue weighted by Gasteiger charge is -2.31. The van der Waals surface area contributed by atoms with Crippen molar-refractivity contribution in [2.24, 2.45) is 0 Å². The minimum Gasteiger partial charge on any atom is -0.332 e. The molecule has 7 nitrogen and oxygen atoms in total. The molecule has 0 aliphatic carbocycles. The van der Waals surface area contributed by atoms with Gasteiger partial charge in [0.2, 0.25) is 5.91 Å². The molecule has 1 heterocycles. The van der Waals surface area contributed by atoms with Crippen molar-refractivity contribution < 1.29 is 18.9 Å². The van der Waals surface area contributed by atoms with E-state index in [1.807, 2.05) is 32.2 Å². The fourth-order valence-electron chi connectivity index (χ4n) is 3.59. The minimum atomic E-state index is -0.552. The molecule has 3 rings (SSSR count). The molecule has 0 fully saturated rings. The topological polar surface area (TPSA) is 83.8 Å². The molecule has 0 radical (unpaired) electrons. The molecule has 9 heteroatoms. The molecule has 0 saturated carbocycles. The van der Waals surface area contributed by atoms with Crippen LogP contribution in [0, 0.1) is 22.9 Å². The maximum Gasteiger partial charge on any atom is 0.270 e. The van der Waals surface area contributed by atoms with Crippen molar-refractivity contribution in [3.8, 4) is 0 Å². The molecule has 0 aliphatic rings. The monoisotopic (exact) mass is 497 g/mol. The van der Waals surface area contributed by atoms with Crippen LogP contribution in [-0.4, -0.2) is 39.1 Å². The van der Waals surface area contributed by atoms with Gasteiger partial charge in [0.05, 0.1) is 11.5 Å². The highest BCUT2D eigenvalue weighted by atomic mass is 32.1. The van der Waals surface area contributed by atoms with Crippen LogP contribution in [0.5, 0.6) is 0 Å². The summed E-state index contributed by atoms with van der Waals surface area (Å²) < 4.78 is 13.4. The van der Waals surface area contributed by atoms with Gasteiger partial charge in [0.15, 0.2) is 0 Å². The molecular weight excluding hydrogens is 469 g/mol. The van der Waals surface area contributed by atoms with Crippen molar-refractivity contribution >= 4 is 28.8 Å². The molecule has 1 atom stereocenters. The summed E-state index contributed by atoms with van der Waals surface area (Å²) in [6, 6.07) is 13.2. The number of carbonyl (C=O) groups excluding carboxylic acids is 2. The van der Waals surface area contributed by atoms with Gasteiger partial charge in [-0.15, -0.1) is 11.3 Å². The SMILES string of the molecule is CC[C@@H](C)N(CC(=O)N(Cc1ccc(F)cc1)Cc1sccc1C)C(=O)c1cccc([N+](=O)[O-])c1. The second-order valence-corrected chi connectivity index (χ2v) is 9.40. The summed E-state index contributed by atoms with van der Waals surface area (Å²) in [6.07, 6.45) is 0.607. The highest BCUT2D eigenvalue weighted by Crippen LogP contribution is 2.21. The summed E-state index contributed by atoms with van der Waals surface area (Å²) >= 11 is 1.55. The minimum absolute atomic E-state index is 0.159. The van der Waals surface area contributed by atoms with E-state index in [4.69, 9.17) is 0 Å². The predicted octanol–water partition coefficient (Wildman–Crippen LogP) is 5.57. The Morgan fingerprint density at radius 1 is 1.11 bits per heavy atom. The van der Waals surface area contributed by atoms with Crippen LogP contribution in [0.2, 0.25) is 0 Å². The smallest absolute Gasteiger partial charge is 0.270 e. The van der Waals surface area contributed by atoms with E-state index in [0.717, 1.165) is 16.0 Å². The first kappa shape index (κ1) is 26.0. The zero-order valence-corrected chi connectivity index (χ0v) is 20.8. The van der Waals surface area contributed by atoms with Gasteiger partial charge < -0.3 is 9.80 Å². The molecule has 0 unspecified atom stereocenters. The average Bonchev–Trinajstić information content (AvgIpc) is 3.26. The van der Waals surface area contributed by atoms with E-state index in [1.54, 1.807) is 28.4 Å². The quantitative estimate of drug-likeness (QED) is 0.271. The van der Waals surface area contributed by atoms with E-state index in [0.29, 0.717) is 13.0 Å². The number of nitrogens with zero attached hydrogens (tertiary/aromatic N) is 3. The van der Waals surface area contributed by atoms with Crippen molar-refractivity contribution in [1.29, 1.82) is 0 Å². The van der Waals surface area contributed by atoms with Gasteiger partial charge in [-0.3, -0.25) is 19.7 Å². The predicted molar refractivity (Wildman–Crippen MR) is 134 cm³/mol. The first-order chi connectivity index (χ1) is 16.7. The fourth-order valence-corrected chi connectivity index (χ4v) is 4.51. The van der Waals surface area contributed by atoms with E-state index in [2.05, 4.69) is 0 Å². The number of hydrogen-bond donors (Lipinski definition) is 0. The highest BCUT2D eigenvalue weighted by molar-refractivity contribution is 7.10. The number of nitro benzene ring substituents is 1. The number of amides is 2. The summed E-state index contributed by atoms with van der Waals surface area (Å²) in [6.45, 7) is 6.17. The average molecular weight is 498 g/mol. The number of carbonyl (C=O) groups is 2. The molecule has 3 aromatic rings. The third-order valence-electron chi connectivity index (χ3n) is 5.94. The number of halogens is 1. The van der Waals surface area contributed by atoms with Crippen LogP contribution in [0.3, 0.4) is 0 Å².